The molecular formula is C15H23ClFNO3. The van der Waals surface area contributed by atoms with E-state index >= 15 is 0 Å². The summed E-state index contributed by atoms with van der Waals surface area (Å²) in [6.45, 7) is 7.56. The minimum absolute atomic E-state index is 0. The van der Waals surface area contributed by atoms with E-state index in [0.29, 0.717) is 11.3 Å². The zero-order chi connectivity index (χ0) is 15.3. The van der Waals surface area contributed by atoms with Crippen molar-refractivity contribution in [3.05, 3.63) is 29.8 Å². The highest BCUT2D eigenvalue weighted by atomic mass is 35.5. The van der Waals surface area contributed by atoms with E-state index in [1.807, 2.05) is 20.8 Å². The Morgan fingerprint density at radius 2 is 1.81 bits per heavy atom. The van der Waals surface area contributed by atoms with Crippen molar-refractivity contribution in [1.82, 2.24) is 0 Å². The molecule has 0 aliphatic carbocycles. The average Bonchev–Trinajstić information content (AvgIpc) is 2.36. The highest BCUT2D eigenvalue weighted by molar-refractivity contribution is 5.85. The molecule has 0 aliphatic heterocycles. The Morgan fingerprint density at radius 3 is 2.24 bits per heavy atom. The predicted molar refractivity (Wildman–Crippen MR) is 82.5 cm³/mol. The van der Waals surface area contributed by atoms with Gasteiger partial charge in [-0.3, -0.25) is 0 Å². The molecule has 1 aromatic rings. The molecule has 0 saturated carbocycles. The minimum atomic E-state index is -1.87. The Balaban J connectivity index is 0.00000400. The van der Waals surface area contributed by atoms with Crippen LogP contribution in [0.3, 0.4) is 0 Å². The summed E-state index contributed by atoms with van der Waals surface area (Å²) in [5, 5.41) is 0. The van der Waals surface area contributed by atoms with E-state index in [1.54, 1.807) is 31.2 Å². The van der Waals surface area contributed by atoms with E-state index in [1.165, 1.54) is 0 Å². The summed E-state index contributed by atoms with van der Waals surface area (Å²) >= 11 is 0. The van der Waals surface area contributed by atoms with Crippen LogP contribution in [0.4, 0.5) is 4.39 Å². The Hall–Kier alpha value is -1.33. The Labute approximate surface area is 131 Å². The smallest absolute Gasteiger partial charge is 0.342 e. The second-order valence-electron chi connectivity index (χ2n) is 5.46. The number of ether oxygens (including phenoxy) is 2. The van der Waals surface area contributed by atoms with Gasteiger partial charge in [0.1, 0.15) is 11.4 Å². The lowest BCUT2D eigenvalue weighted by molar-refractivity contribution is -0.149. The van der Waals surface area contributed by atoms with E-state index in [2.05, 4.69) is 4.74 Å². The van der Waals surface area contributed by atoms with Crippen molar-refractivity contribution in [3.63, 3.8) is 0 Å². The van der Waals surface area contributed by atoms with Gasteiger partial charge >= 0.3 is 5.97 Å². The minimum Gasteiger partial charge on any atom is -0.488 e. The topological polar surface area (TPSA) is 61.5 Å². The van der Waals surface area contributed by atoms with E-state index in [-0.39, 0.29) is 24.6 Å². The third kappa shape index (κ3) is 6.31. The van der Waals surface area contributed by atoms with E-state index in [4.69, 9.17) is 10.5 Å². The molecule has 0 spiro atoms. The van der Waals surface area contributed by atoms with Crippen LogP contribution in [0.2, 0.25) is 0 Å². The summed E-state index contributed by atoms with van der Waals surface area (Å²) in [6, 6.07) is 5.67. The van der Waals surface area contributed by atoms with Gasteiger partial charge in [0.15, 0.2) is 0 Å². The van der Waals surface area contributed by atoms with Crippen molar-refractivity contribution in [2.24, 2.45) is 5.73 Å². The average molecular weight is 320 g/mol. The van der Waals surface area contributed by atoms with Crippen LogP contribution in [0.15, 0.2) is 24.3 Å². The number of halogens is 2. The first-order valence-corrected chi connectivity index (χ1v) is 6.60. The fourth-order valence-electron chi connectivity index (χ4n) is 1.65. The second kappa shape index (κ2) is 8.20. The molecule has 2 atom stereocenters. The molecule has 2 N–H and O–H groups in total. The number of esters is 1. The van der Waals surface area contributed by atoms with Gasteiger partial charge in [-0.15, -0.1) is 12.4 Å². The lowest BCUT2D eigenvalue weighted by Crippen LogP contribution is -2.31. The number of alkyl halides is 1. The maximum absolute atomic E-state index is 13.8. The molecule has 1 aromatic carbocycles. The largest absolute Gasteiger partial charge is 0.488 e. The van der Waals surface area contributed by atoms with Crippen LogP contribution in [0.25, 0.3) is 0 Å². The number of hydrogen-bond acceptors (Lipinski definition) is 4. The van der Waals surface area contributed by atoms with Crippen molar-refractivity contribution in [1.29, 1.82) is 0 Å². The number of hydrogen-bond donors (Lipinski definition) is 1. The lowest BCUT2D eigenvalue weighted by atomic mass is 10.0. The number of nitrogens with two attached hydrogens (primary N) is 1. The Kier molecular flexibility index (Phi) is 7.68. The van der Waals surface area contributed by atoms with Gasteiger partial charge in [0.2, 0.25) is 6.17 Å². The van der Waals surface area contributed by atoms with Crippen LogP contribution in [-0.4, -0.2) is 24.3 Å². The summed E-state index contributed by atoms with van der Waals surface area (Å²) in [5.74, 6) is -0.269. The van der Waals surface area contributed by atoms with Gasteiger partial charge in [-0.1, -0.05) is 12.1 Å². The van der Waals surface area contributed by atoms with Crippen molar-refractivity contribution in [2.45, 2.75) is 45.5 Å². The second-order valence-corrected chi connectivity index (χ2v) is 5.46. The fraction of sp³-hybridized carbons (Fsp3) is 0.533. The maximum atomic E-state index is 13.8. The number of benzene rings is 1. The fourth-order valence-corrected chi connectivity index (χ4v) is 1.65. The molecule has 120 valence electrons. The predicted octanol–water partition coefficient (Wildman–Crippen LogP) is 3.19. The molecule has 0 saturated heterocycles. The lowest BCUT2D eigenvalue weighted by Gasteiger charge is -2.22. The summed E-state index contributed by atoms with van der Waals surface area (Å²) in [4.78, 5) is 11.3. The summed E-state index contributed by atoms with van der Waals surface area (Å²) in [7, 11) is 0. The summed E-state index contributed by atoms with van der Waals surface area (Å²) in [5.41, 5.74) is 5.94. The third-order valence-electron chi connectivity index (χ3n) is 2.52. The number of carbonyl (C=O) groups is 1. The Morgan fingerprint density at radius 1 is 1.29 bits per heavy atom. The van der Waals surface area contributed by atoms with Crippen molar-refractivity contribution < 1.29 is 18.7 Å². The summed E-state index contributed by atoms with van der Waals surface area (Å²) in [6.07, 6.45) is -1.87. The molecule has 6 heteroatoms. The van der Waals surface area contributed by atoms with Gasteiger partial charge in [-0.05, 0) is 45.4 Å². The first kappa shape index (κ1) is 19.7. The van der Waals surface area contributed by atoms with Gasteiger partial charge in [-0.2, -0.15) is 0 Å². The van der Waals surface area contributed by atoms with E-state index in [0.717, 1.165) is 0 Å². The van der Waals surface area contributed by atoms with Crippen molar-refractivity contribution >= 4 is 18.4 Å². The molecule has 4 nitrogen and oxygen atoms in total. The number of rotatable bonds is 5. The number of carbonyl (C=O) groups excluding carboxylic acids is 1. The van der Waals surface area contributed by atoms with Crippen LogP contribution in [0.1, 0.15) is 39.3 Å². The van der Waals surface area contributed by atoms with Crippen LogP contribution >= 0.6 is 12.4 Å². The highest BCUT2D eigenvalue weighted by Gasteiger charge is 2.27. The van der Waals surface area contributed by atoms with Crippen molar-refractivity contribution in [2.75, 3.05) is 6.61 Å². The molecule has 0 amide bonds. The SMILES string of the molecule is CCOC(=O)C(F)[C@H](N)c1ccc(OC(C)(C)C)cc1.Cl. The molecule has 0 bridgehead atoms. The molecule has 0 aliphatic rings. The Bertz CT molecular complexity index is 445. The van der Waals surface area contributed by atoms with Gasteiger partial charge < -0.3 is 15.2 Å². The van der Waals surface area contributed by atoms with Crippen LogP contribution in [0, 0.1) is 0 Å². The van der Waals surface area contributed by atoms with Crippen molar-refractivity contribution in [3.8, 4) is 5.75 Å². The van der Waals surface area contributed by atoms with Gasteiger partial charge in [-0.25, -0.2) is 9.18 Å². The van der Waals surface area contributed by atoms with Crippen LogP contribution in [0.5, 0.6) is 5.75 Å². The quantitative estimate of drug-likeness (QED) is 0.847. The molecular weight excluding hydrogens is 297 g/mol. The third-order valence-corrected chi connectivity index (χ3v) is 2.52. The van der Waals surface area contributed by atoms with Gasteiger partial charge in [0.25, 0.3) is 0 Å². The van der Waals surface area contributed by atoms with E-state index < -0.39 is 18.2 Å². The molecule has 0 radical (unpaired) electrons. The molecule has 1 unspecified atom stereocenters. The molecule has 21 heavy (non-hydrogen) atoms. The molecule has 0 heterocycles. The van der Waals surface area contributed by atoms with Gasteiger partial charge in [0, 0.05) is 0 Å². The summed E-state index contributed by atoms with van der Waals surface area (Å²) < 4.78 is 24.1. The van der Waals surface area contributed by atoms with Gasteiger partial charge in [0.05, 0.1) is 12.6 Å². The zero-order valence-corrected chi connectivity index (χ0v) is 13.6. The normalized spacial score (nSPS) is 13.8. The first-order valence-electron chi connectivity index (χ1n) is 6.60. The van der Waals surface area contributed by atoms with Crippen LogP contribution in [-0.2, 0) is 9.53 Å². The molecule has 0 aromatic heterocycles. The van der Waals surface area contributed by atoms with E-state index in [9.17, 15) is 9.18 Å². The first-order chi connectivity index (χ1) is 9.24. The standard InChI is InChI=1S/C15H22FNO3.ClH/c1-5-19-14(18)12(16)13(17)10-6-8-11(9-7-10)20-15(2,3)4;/h6-9,12-13H,5,17H2,1-4H3;1H/t12?,13-;/m1./s1. The highest BCUT2D eigenvalue weighted by Crippen LogP contribution is 2.23. The maximum Gasteiger partial charge on any atom is 0.342 e. The molecule has 0 fully saturated rings. The molecule has 1 rings (SSSR count). The van der Waals surface area contributed by atoms with Crippen LogP contribution < -0.4 is 10.5 Å². The zero-order valence-electron chi connectivity index (χ0n) is 12.8. The monoisotopic (exact) mass is 319 g/mol.